The Morgan fingerprint density at radius 3 is 2.19 bits per heavy atom. The summed E-state index contributed by atoms with van der Waals surface area (Å²) in [4.78, 5) is 0. The third-order valence-corrected chi connectivity index (χ3v) is 12.9. The fraction of sp³-hybridized carbons (Fsp3) is 0.727. The van der Waals surface area contributed by atoms with Crippen LogP contribution >= 0.6 is 0 Å². The number of rotatable bonds is 10. The molecule has 10 heteroatoms. The summed E-state index contributed by atoms with van der Waals surface area (Å²) in [5.41, 5.74) is 0.769. The molecule has 1 aliphatic carbocycles. The average molecular weight is 507 g/mol. The second-order valence-electron chi connectivity index (χ2n) is 10.2. The van der Waals surface area contributed by atoms with Gasteiger partial charge in [-0.3, -0.25) is 8.37 Å². The zero-order valence-corrected chi connectivity index (χ0v) is 22.7. The van der Waals surface area contributed by atoms with Crippen LogP contribution in [0.1, 0.15) is 45.6 Å². The average Bonchev–Trinajstić information content (AvgIpc) is 2.66. The summed E-state index contributed by atoms with van der Waals surface area (Å²) in [6.07, 6.45) is 2.98. The molecule has 32 heavy (non-hydrogen) atoms. The molecule has 0 heterocycles. The second-order valence-corrected chi connectivity index (χ2v) is 18.3. The summed E-state index contributed by atoms with van der Waals surface area (Å²) < 4.78 is 66.0. The fourth-order valence-corrected chi connectivity index (χ4v) is 6.89. The van der Waals surface area contributed by atoms with Crippen molar-refractivity contribution in [1.82, 2.24) is 0 Å². The fourth-order valence-electron chi connectivity index (χ4n) is 3.69. The Balaban J connectivity index is 2.22. The predicted molar refractivity (Wildman–Crippen MR) is 129 cm³/mol. The molecule has 0 bridgehead atoms. The Morgan fingerprint density at radius 1 is 1.00 bits per heavy atom. The van der Waals surface area contributed by atoms with Crippen LogP contribution in [0.2, 0.25) is 18.1 Å². The van der Waals surface area contributed by atoms with Crippen LogP contribution in [0, 0.1) is 11.8 Å². The Hall–Kier alpha value is -0.783. The summed E-state index contributed by atoms with van der Waals surface area (Å²) in [7, 11) is -9.65. The van der Waals surface area contributed by atoms with E-state index in [2.05, 4.69) is 33.9 Å². The maximum absolute atomic E-state index is 12.9. The highest BCUT2D eigenvalue weighted by Gasteiger charge is 2.44. The van der Waals surface area contributed by atoms with E-state index in [1.54, 1.807) is 0 Å². The van der Waals surface area contributed by atoms with Gasteiger partial charge in [0.15, 0.2) is 8.32 Å². The second kappa shape index (κ2) is 10.6. The highest BCUT2D eigenvalue weighted by Crippen LogP contribution is 2.42. The Labute approximate surface area is 195 Å². The van der Waals surface area contributed by atoms with E-state index in [-0.39, 0.29) is 36.0 Å². The van der Waals surface area contributed by atoms with Gasteiger partial charge in [0, 0.05) is 12.0 Å². The Morgan fingerprint density at radius 2 is 1.62 bits per heavy atom. The normalized spacial score (nSPS) is 23.2. The smallest absolute Gasteiger partial charge is 0.268 e. The lowest BCUT2D eigenvalue weighted by Crippen LogP contribution is -2.50. The predicted octanol–water partition coefficient (Wildman–Crippen LogP) is 4.32. The van der Waals surface area contributed by atoms with Crippen LogP contribution in [-0.4, -0.2) is 49.9 Å². The molecule has 1 fully saturated rings. The molecular formula is C22H38O7S2Si. The van der Waals surface area contributed by atoms with Gasteiger partial charge in [-0.05, 0) is 42.5 Å². The molecule has 3 atom stereocenters. The molecule has 0 amide bonds. The van der Waals surface area contributed by atoms with Crippen molar-refractivity contribution < 1.29 is 29.6 Å². The van der Waals surface area contributed by atoms with Gasteiger partial charge in [-0.1, -0.05) is 57.5 Å². The molecule has 1 aromatic rings. The van der Waals surface area contributed by atoms with Gasteiger partial charge < -0.3 is 4.43 Å². The lowest BCUT2D eigenvalue weighted by atomic mass is 9.79. The molecule has 0 spiro atoms. The summed E-state index contributed by atoms with van der Waals surface area (Å²) in [6.45, 7) is 10.6. The first-order chi connectivity index (χ1) is 14.6. The van der Waals surface area contributed by atoms with E-state index >= 15 is 0 Å². The van der Waals surface area contributed by atoms with Crippen LogP contribution in [-0.2, 0) is 39.6 Å². The molecule has 7 nitrogen and oxygen atoms in total. The quantitative estimate of drug-likeness (QED) is 0.344. The van der Waals surface area contributed by atoms with Crippen LogP contribution in [0.3, 0.4) is 0 Å². The standard InChI is InChI=1S/C22H38O7S2Si/c1-22(2,3)32(5,6)29-21-14-10-13-19(16-27-30(4,23)24)20(21)17-31(25,26)28-15-18-11-8-7-9-12-18/h7-9,11-12,19-21H,10,13-17H2,1-6H3. The van der Waals surface area contributed by atoms with Gasteiger partial charge >= 0.3 is 0 Å². The first-order valence-corrected chi connectivity index (χ1v) is 17.3. The first-order valence-electron chi connectivity index (χ1n) is 11.0. The summed E-state index contributed by atoms with van der Waals surface area (Å²) in [6, 6.07) is 9.13. The van der Waals surface area contributed by atoms with E-state index < -0.39 is 34.5 Å². The van der Waals surface area contributed by atoms with Gasteiger partial charge in [0.2, 0.25) is 0 Å². The van der Waals surface area contributed by atoms with Gasteiger partial charge in [-0.15, -0.1) is 0 Å². The Kier molecular flexibility index (Phi) is 9.14. The zero-order chi connectivity index (χ0) is 24.2. The third-order valence-electron chi connectivity index (χ3n) is 6.54. The minimum atomic E-state index is -3.86. The van der Waals surface area contributed by atoms with Crippen molar-refractivity contribution in [3.05, 3.63) is 35.9 Å². The number of hydrogen-bond donors (Lipinski definition) is 0. The lowest BCUT2D eigenvalue weighted by Gasteiger charge is -2.45. The zero-order valence-electron chi connectivity index (χ0n) is 20.0. The number of benzene rings is 1. The minimum Gasteiger partial charge on any atom is -0.414 e. The highest BCUT2D eigenvalue weighted by molar-refractivity contribution is 7.86. The van der Waals surface area contributed by atoms with E-state index in [1.807, 2.05) is 30.3 Å². The van der Waals surface area contributed by atoms with E-state index in [4.69, 9.17) is 12.8 Å². The molecule has 0 N–H and O–H groups in total. The molecule has 1 saturated carbocycles. The Bertz CT molecular complexity index is 938. The summed E-state index contributed by atoms with van der Waals surface area (Å²) in [5, 5.41) is -0.0313. The lowest BCUT2D eigenvalue weighted by molar-refractivity contribution is 0.0341. The van der Waals surface area contributed by atoms with Crippen LogP contribution in [0.4, 0.5) is 0 Å². The van der Waals surface area contributed by atoms with Crippen LogP contribution in [0.5, 0.6) is 0 Å². The van der Waals surface area contributed by atoms with Crippen molar-refractivity contribution >= 4 is 28.6 Å². The van der Waals surface area contributed by atoms with Gasteiger partial charge in [-0.2, -0.15) is 16.8 Å². The monoisotopic (exact) mass is 506 g/mol. The van der Waals surface area contributed by atoms with E-state index in [9.17, 15) is 16.8 Å². The molecular weight excluding hydrogens is 468 g/mol. The molecule has 0 aliphatic heterocycles. The minimum absolute atomic E-state index is 0.0313. The van der Waals surface area contributed by atoms with Gasteiger partial charge in [0.05, 0.1) is 25.2 Å². The van der Waals surface area contributed by atoms with Crippen LogP contribution in [0.15, 0.2) is 30.3 Å². The molecule has 0 radical (unpaired) electrons. The van der Waals surface area contributed by atoms with E-state index in [1.165, 1.54) is 0 Å². The maximum atomic E-state index is 12.9. The summed E-state index contributed by atoms with van der Waals surface area (Å²) in [5.74, 6) is -0.875. The van der Waals surface area contributed by atoms with Gasteiger partial charge in [-0.25, -0.2) is 0 Å². The van der Waals surface area contributed by atoms with E-state index in [0.717, 1.165) is 24.7 Å². The number of hydrogen-bond acceptors (Lipinski definition) is 7. The first kappa shape index (κ1) is 27.5. The van der Waals surface area contributed by atoms with Crippen molar-refractivity contribution in [2.75, 3.05) is 18.6 Å². The van der Waals surface area contributed by atoms with Crippen LogP contribution in [0.25, 0.3) is 0 Å². The van der Waals surface area contributed by atoms with Crippen molar-refractivity contribution in [3.8, 4) is 0 Å². The largest absolute Gasteiger partial charge is 0.414 e. The SMILES string of the molecule is CC(C)(C)[Si](C)(C)OC1CCCC(COS(C)(=O)=O)C1CS(=O)(=O)OCc1ccccc1. The van der Waals surface area contributed by atoms with Crippen molar-refractivity contribution in [2.45, 2.75) is 70.9 Å². The highest BCUT2D eigenvalue weighted by atomic mass is 32.2. The van der Waals surface area contributed by atoms with Gasteiger partial charge in [0.1, 0.15) is 0 Å². The molecule has 3 unspecified atom stereocenters. The van der Waals surface area contributed by atoms with Gasteiger partial charge in [0.25, 0.3) is 20.2 Å². The molecule has 0 saturated heterocycles. The molecule has 2 rings (SSSR count). The third kappa shape index (κ3) is 8.53. The topological polar surface area (TPSA) is 96.0 Å². The molecule has 1 aliphatic rings. The molecule has 0 aromatic heterocycles. The van der Waals surface area contributed by atoms with Crippen molar-refractivity contribution in [1.29, 1.82) is 0 Å². The van der Waals surface area contributed by atoms with Crippen LogP contribution < -0.4 is 0 Å². The molecule has 184 valence electrons. The summed E-state index contributed by atoms with van der Waals surface area (Å²) >= 11 is 0. The van der Waals surface area contributed by atoms with E-state index in [0.29, 0.717) is 6.42 Å². The van der Waals surface area contributed by atoms with Crippen molar-refractivity contribution in [2.24, 2.45) is 11.8 Å². The molecule has 1 aromatic carbocycles. The van der Waals surface area contributed by atoms with Crippen molar-refractivity contribution in [3.63, 3.8) is 0 Å². The maximum Gasteiger partial charge on any atom is 0.268 e.